The Hall–Kier alpha value is -1.82. The van der Waals surface area contributed by atoms with Gasteiger partial charge in [-0.25, -0.2) is 4.63 Å². The third kappa shape index (κ3) is 1.78. The predicted octanol–water partition coefficient (Wildman–Crippen LogP) is 1.01. The van der Waals surface area contributed by atoms with Crippen LogP contribution in [0.1, 0.15) is 12.8 Å². The molecule has 1 aliphatic heterocycles. The van der Waals surface area contributed by atoms with Gasteiger partial charge in [-0.3, -0.25) is 0 Å². The van der Waals surface area contributed by atoms with Crippen molar-refractivity contribution in [2.75, 3.05) is 30.3 Å². The van der Waals surface area contributed by atoms with Crippen LogP contribution in [0.15, 0.2) is 16.8 Å². The first-order valence-corrected chi connectivity index (χ1v) is 6.16. The standard InChI is InChI=1S/C12H16N4O2/c13-9-1-2-10(12-11(9)14-18-15-12)16-5-3-8(7-16)4-6-17/h1-2,8,17H,3-7,13H2. The second-order valence-corrected chi connectivity index (χ2v) is 4.75. The van der Waals surface area contributed by atoms with Gasteiger partial charge in [-0.05, 0) is 41.2 Å². The molecule has 96 valence electrons. The molecule has 0 amide bonds. The number of nitrogens with two attached hydrogens (primary N) is 1. The van der Waals surface area contributed by atoms with E-state index in [4.69, 9.17) is 15.5 Å². The molecule has 1 atom stereocenters. The largest absolute Gasteiger partial charge is 0.397 e. The molecule has 18 heavy (non-hydrogen) atoms. The van der Waals surface area contributed by atoms with Crippen molar-refractivity contribution in [3.05, 3.63) is 12.1 Å². The fourth-order valence-corrected chi connectivity index (χ4v) is 2.60. The number of nitrogens with zero attached hydrogens (tertiary/aromatic N) is 3. The molecule has 1 aromatic carbocycles. The van der Waals surface area contributed by atoms with Crippen LogP contribution in [0.5, 0.6) is 0 Å². The molecule has 2 heterocycles. The van der Waals surface area contributed by atoms with Crippen LogP contribution >= 0.6 is 0 Å². The van der Waals surface area contributed by atoms with Crippen molar-refractivity contribution in [3.8, 4) is 0 Å². The van der Waals surface area contributed by atoms with E-state index in [1.807, 2.05) is 12.1 Å². The fraction of sp³-hybridized carbons (Fsp3) is 0.500. The second kappa shape index (κ2) is 4.45. The van der Waals surface area contributed by atoms with Crippen LogP contribution in [0.25, 0.3) is 11.0 Å². The molecule has 2 aromatic rings. The van der Waals surface area contributed by atoms with Gasteiger partial charge in [0.05, 0.1) is 11.4 Å². The lowest BCUT2D eigenvalue weighted by molar-refractivity contribution is 0.263. The van der Waals surface area contributed by atoms with Crippen molar-refractivity contribution < 1.29 is 9.74 Å². The summed E-state index contributed by atoms with van der Waals surface area (Å²) < 4.78 is 4.77. The fourth-order valence-electron chi connectivity index (χ4n) is 2.60. The normalized spacial score (nSPS) is 19.8. The van der Waals surface area contributed by atoms with E-state index in [0.717, 1.165) is 37.1 Å². The number of aliphatic hydroxyl groups excluding tert-OH is 1. The highest BCUT2D eigenvalue weighted by Crippen LogP contribution is 2.32. The molecule has 0 spiro atoms. The Morgan fingerprint density at radius 3 is 3.06 bits per heavy atom. The van der Waals surface area contributed by atoms with Gasteiger partial charge in [0.25, 0.3) is 0 Å². The Kier molecular flexibility index (Phi) is 2.79. The minimum Gasteiger partial charge on any atom is -0.397 e. The van der Waals surface area contributed by atoms with Gasteiger partial charge in [-0.1, -0.05) is 0 Å². The van der Waals surface area contributed by atoms with Gasteiger partial charge < -0.3 is 15.7 Å². The number of rotatable bonds is 3. The van der Waals surface area contributed by atoms with Crippen LogP contribution in [0.2, 0.25) is 0 Å². The smallest absolute Gasteiger partial charge is 0.160 e. The average Bonchev–Trinajstić information content (AvgIpc) is 2.99. The first kappa shape index (κ1) is 11.3. The van der Waals surface area contributed by atoms with E-state index in [2.05, 4.69) is 15.2 Å². The topological polar surface area (TPSA) is 88.4 Å². The van der Waals surface area contributed by atoms with E-state index < -0.39 is 0 Å². The molecule has 6 nitrogen and oxygen atoms in total. The number of benzene rings is 1. The van der Waals surface area contributed by atoms with Crippen LogP contribution in [-0.4, -0.2) is 35.1 Å². The van der Waals surface area contributed by atoms with Crippen LogP contribution in [-0.2, 0) is 0 Å². The van der Waals surface area contributed by atoms with Gasteiger partial charge in [-0.2, -0.15) is 0 Å². The minimum absolute atomic E-state index is 0.251. The maximum atomic E-state index is 8.99. The van der Waals surface area contributed by atoms with E-state index in [1.165, 1.54) is 0 Å². The number of hydrogen-bond donors (Lipinski definition) is 2. The molecule has 3 N–H and O–H groups in total. The number of nitrogen functional groups attached to an aromatic ring is 1. The molecule has 0 bridgehead atoms. The molecule has 1 unspecified atom stereocenters. The van der Waals surface area contributed by atoms with Gasteiger partial charge in [0.15, 0.2) is 11.0 Å². The summed E-state index contributed by atoms with van der Waals surface area (Å²) in [5, 5.41) is 16.8. The van der Waals surface area contributed by atoms with Crippen LogP contribution in [0, 0.1) is 5.92 Å². The number of hydrogen-bond acceptors (Lipinski definition) is 6. The average molecular weight is 248 g/mol. The summed E-state index contributed by atoms with van der Waals surface area (Å²) in [5.41, 5.74) is 8.77. The first-order valence-electron chi connectivity index (χ1n) is 6.16. The Morgan fingerprint density at radius 1 is 1.39 bits per heavy atom. The van der Waals surface area contributed by atoms with Crippen molar-refractivity contribution >= 4 is 22.4 Å². The predicted molar refractivity (Wildman–Crippen MR) is 68.2 cm³/mol. The molecule has 1 saturated heterocycles. The Bertz CT molecular complexity index is 554. The molecule has 0 aliphatic carbocycles. The van der Waals surface area contributed by atoms with Gasteiger partial charge in [0, 0.05) is 19.7 Å². The second-order valence-electron chi connectivity index (χ2n) is 4.75. The summed E-state index contributed by atoms with van der Waals surface area (Å²) in [6.07, 6.45) is 1.95. The highest BCUT2D eigenvalue weighted by Gasteiger charge is 2.24. The number of aliphatic hydroxyl groups is 1. The SMILES string of the molecule is Nc1ccc(N2CCC(CCO)C2)c2nonc12. The van der Waals surface area contributed by atoms with Crippen LogP contribution in [0.3, 0.4) is 0 Å². The van der Waals surface area contributed by atoms with Gasteiger partial charge >= 0.3 is 0 Å². The van der Waals surface area contributed by atoms with Gasteiger partial charge in [0.1, 0.15) is 0 Å². The summed E-state index contributed by atoms with van der Waals surface area (Å²) in [7, 11) is 0. The zero-order valence-corrected chi connectivity index (χ0v) is 10.0. The maximum absolute atomic E-state index is 8.99. The van der Waals surface area contributed by atoms with Crippen molar-refractivity contribution in [1.82, 2.24) is 10.3 Å². The minimum atomic E-state index is 0.251. The van der Waals surface area contributed by atoms with E-state index >= 15 is 0 Å². The molecule has 0 radical (unpaired) electrons. The number of aromatic nitrogens is 2. The molecule has 1 aliphatic rings. The van der Waals surface area contributed by atoms with E-state index in [9.17, 15) is 0 Å². The summed E-state index contributed by atoms with van der Waals surface area (Å²) in [6, 6.07) is 3.80. The number of anilines is 2. The van der Waals surface area contributed by atoms with Gasteiger partial charge in [-0.15, -0.1) is 0 Å². The molecule has 1 fully saturated rings. The lowest BCUT2D eigenvalue weighted by Gasteiger charge is -2.18. The Labute approximate surface area is 104 Å². The highest BCUT2D eigenvalue weighted by molar-refractivity contribution is 5.95. The molecule has 0 saturated carbocycles. The summed E-state index contributed by atoms with van der Waals surface area (Å²) in [5.74, 6) is 0.544. The molecular weight excluding hydrogens is 232 g/mol. The molecular formula is C12H16N4O2. The van der Waals surface area contributed by atoms with Crippen molar-refractivity contribution in [2.24, 2.45) is 5.92 Å². The lowest BCUT2D eigenvalue weighted by Crippen LogP contribution is -2.20. The molecule has 6 heteroatoms. The summed E-state index contributed by atoms with van der Waals surface area (Å²) >= 11 is 0. The third-order valence-corrected chi connectivity index (χ3v) is 3.59. The van der Waals surface area contributed by atoms with E-state index in [-0.39, 0.29) is 6.61 Å². The zero-order valence-electron chi connectivity index (χ0n) is 10.0. The zero-order chi connectivity index (χ0) is 12.5. The van der Waals surface area contributed by atoms with Crippen LogP contribution in [0.4, 0.5) is 11.4 Å². The molecule has 1 aromatic heterocycles. The maximum Gasteiger partial charge on any atom is 0.160 e. The van der Waals surface area contributed by atoms with Gasteiger partial charge in [0.2, 0.25) is 0 Å². The monoisotopic (exact) mass is 248 g/mol. The number of fused-ring (bicyclic) bond motifs is 1. The van der Waals surface area contributed by atoms with E-state index in [0.29, 0.717) is 17.1 Å². The van der Waals surface area contributed by atoms with Crippen molar-refractivity contribution in [3.63, 3.8) is 0 Å². The molecule has 3 rings (SSSR count). The Morgan fingerprint density at radius 2 is 2.22 bits per heavy atom. The van der Waals surface area contributed by atoms with Crippen LogP contribution < -0.4 is 10.6 Å². The highest BCUT2D eigenvalue weighted by atomic mass is 16.6. The summed E-state index contributed by atoms with van der Waals surface area (Å²) in [6.45, 7) is 2.16. The first-order chi connectivity index (χ1) is 8.79. The lowest BCUT2D eigenvalue weighted by atomic mass is 10.1. The van der Waals surface area contributed by atoms with E-state index in [1.54, 1.807) is 0 Å². The Balaban J connectivity index is 1.91. The quantitative estimate of drug-likeness (QED) is 0.788. The third-order valence-electron chi connectivity index (χ3n) is 3.59. The van der Waals surface area contributed by atoms with Crippen molar-refractivity contribution in [2.45, 2.75) is 12.8 Å². The van der Waals surface area contributed by atoms with Crippen molar-refractivity contribution in [1.29, 1.82) is 0 Å². The summed E-state index contributed by atoms with van der Waals surface area (Å²) in [4.78, 5) is 2.26.